The molecule has 2 rings (SSSR count). The molecule has 1 aromatic carbocycles. The minimum absolute atomic E-state index is 0.162. The van der Waals surface area contributed by atoms with Crippen LogP contribution in [0.25, 0.3) is 5.69 Å². The van der Waals surface area contributed by atoms with Gasteiger partial charge in [0.1, 0.15) is 9.26 Å². The van der Waals surface area contributed by atoms with Gasteiger partial charge in [-0.15, -0.1) is 0 Å². The Balaban J connectivity index is 2.47. The molecule has 0 fully saturated rings. The van der Waals surface area contributed by atoms with Crippen LogP contribution in [0, 0.1) is 15.0 Å². The van der Waals surface area contributed by atoms with Crippen LogP contribution in [0.4, 0.5) is 0 Å². The Morgan fingerprint density at radius 2 is 2.06 bits per heavy atom. The Labute approximate surface area is 110 Å². The van der Waals surface area contributed by atoms with Gasteiger partial charge in [0.25, 0.3) is 0 Å². The Morgan fingerprint density at radius 1 is 1.41 bits per heavy atom. The zero-order chi connectivity index (χ0) is 12.4. The summed E-state index contributed by atoms with van der Waals surface area (Å²) in [7, 11) is 0. The molecule has 0 aliphatic carbocycles. The van der Waals surface area contributed by atoms with Crippen molar-refractivity contribution in [1.82, 2.24) is 9.78 Å². The molecule has 0 bridgehead atoms. The average molecular weight is 339 g/mol. The summed E-state index contributed by atoms with van der Waals surface area (Å²) >= 11 is 1.93. The number of rotatable bonds is 2. The van der Waals surface area contributed by atoms with Crippen molar-refractivity contribution in [3.63, 3.8) is 0 Å². The van der Waals surface area contributed by atoms with E-state index < -0.39 is 5.97 Å². The van der Waals surface area contributed by atoms with E-state index >= 15 is 0 Å². The Bertz CT molecular complexity index is 611. The van der Waals surface area contributed by atoms with Gasteiger partial charge in [0.05, 0.1) is 23.5 Å². The molecule has 2 aromatic rings. The molecule has 0 amide bonds. The molecule has 84 valence electrons. The van der Waals surface area contributed by atoms with Crippen LogP contribution in [0.5, 0.6) is 0 Å². The van der Waals surface area contributed by atoms with Crippen molar-refractivity contribution in [3.8, 4) is 11.8 Å². The van der Waals surface area contributed by atoms with Gasteiger partial charge in [-0.1, -0.05) is 0 Å². The fourth-order valence-electron chi connectivity index (χ4n) is 1.33. The predicted octanol–water partition coefficient (Wildman–Crippen LogP) is 2.05. The predicted molar refractivity (Wildman–Crippen MR) is 68.0 cm³/mol. The van der Waals surface area contributed by atoms with Crippen molar-refractivity contribution in [1.29, 1.82) is 5.26 Å². The van der Waals surface area contributed by atoms with Crippen molar-refractivity contribution < 1.29 is 9.90 Å². The SMILES string of the molecule is N#Cc1ccc(-n2ncc(C(=O)O)c2I)cc1. The number of nitriles is 1. The fraction of sp³-hybridized carbons (Fsp3) is 0. The average Bonchev–Trinajstić information content (AvgIpc) is 2.71. The molecular formula is C11H6IN3O2. The lowest BCUT2D eigenvalue weighted by atomic mass is 10.2. The van der Waals surface area contributed by atoms with Gasteiger partial charge in [-0.05, 0) is 46.9 Å². The second kappa shape index (κ2) is 4.55. The monoisotopic (exact) mass is 339 g/mol. The molecule has 0 radical (unpaired) electrons. The number of benzene rings is 1. The lowest BCUT2D eigenvalue weighted by Gasteiger charge is -2.03. The van der Waals surface area contributed by atoms with Gasteiger partial charge in [0.2, 0.25) is 0 Å². The first-order valence-electron chi connectivity index (χ1n) is 4.61. The van der Waals surface area contributed by atoms with Gasteiger partial charge in [-0.25, -0.2) is 9.48 Å². The number of hydrogen-bond acceptors (Lipinski definition) is 3. The summed E-state index contributed by atoms with van der Waals surface area (Å²) in [6.07, 6.45) is 1.31. The van der Waals surface area contributed by atoms with Gasteiger partial charge in [0.15, 0.2) is 0 Å². The van der Waals surface area contributed by atoms with Crippen LogP contribution in [0.1, 0.15) is 15.9 Å². The highest BCUT2D eigenvalue weighted by Gasteiger charge is 2.14. The maximum atomic E-state index is 10.9. The van der Waals surface area contributed by atoms with E-state index in [1.165, 1.54) is 10.9 Å². The van der Waals surface area contributed by atoms with Crippen LogP contribution >= 0.6 is 22.6 Å². The van der Waals surface area contributed by atoms with E-state index in [0.29, 0.717) is 9.26 Å². The van der Waals surface area contributed by atoms with Gasteiger partial charge in [0, 0.05) is 0 Å². The van der Waals surface area contributed by atoms with E-state index in [0.717, 1.165) is 5.69 Å². The van der Waals surface area contributed by atoms with Crippen molar-refractivity contribution in [2.75, 3.05) is 0 Å². The van der Waals surface area contributed by atoms with Gasteiger partial charge in [-0.3, -0.25) is 0 Å². The number of aromatic carboxylic acids is 1. The van der Waals surface area contributed by atoms with E-state index in [1.54, 1.807) is 24.3 Å². The summed E-state index contributed by atoms with van der Waals surface area (Å²) in [4.78, 5) is 10.9. The van der Waals surface area contributed by atoms with Crippen molar-refractivity contribution in [2.24, 2.45) is 0 Å². The zero-order valence-corrected chi connectivity index (χ0v) is 10.6. The van der Waals surface area contributed by atoms with Crippen LogP contribution in [0.2, 0.25) is 0 Å². The van der Waals surface area contributed by atoms with Crippen LogP contribution < -0.4 is 0 Å². The number of nitrogens with zero attached hydrogens (tertiary/aromatic N) is 3. The lowest BCUT2D eigenvalue weighted by molar-refractivity contribution is 0.0695. The van der Waals surface area contributed by atoms with E-state index in [9.17, 15) is 4.79 Å². The Morgan fingerprint density at radius 3 is 2.53 bits per heavy atom. The number of halogens is 1. The third-order valence-corrected chi connectivity index (χ3v) is 3.22. The van der Waals surface area contributed by atoms with Gasteiger partial charge in [-0.2, -0.15) is 10.4 Å². The molecule has 17 heavy (non-hydrogen) atoms. The van der Waals surface area contributed by atoms with Crippen molar-refractivity contribution in [2.45, 2.75) is 0 Å². The maximum absolute atomic E-state index is 10.9. The summed E-state index contributed by atoms with van der Waals surface area (Å²) in [5.74, 6) is -1.01. The maximum Gasteiger partial charge on any atom is 0.340 e. The summed E-state index contributed by atoms with van der Waals surface area (Å²) < 4.78 is 2.05. The second-order valence-electron chi connectivity index (χ2n) is 3.22. The topological polar surface area (TPSA) is 78.9 Å². The number of carbonyl (C=O) groups is 1. The molecule has 6 heteroatoms. The van der Waals surface area contributed by atoms with Gasteiger partial charge >= 0.3 is 5.97 Å². The molecular weight excluding hydrogens is 333 g/mol. The molecule has 0 aliphatic rings. The molecule has 0 aliphatic heterocycles. The molecule has 0 atom stereocenters. The molecule has 5 nitrogen and oxygen atoms in total. The molecule has 0 unspecified atom stereocenters. The van der Waals surface area contributed by atoms with Crippen molar-refractivity contribution in [3.05, 3.63) is 45.3 Å². The molecule has 1 heterocycles. The van der Waals surface area contributed by atoms with Gasteiger partial charge < -0.3 is 5.11 Å². The van der Waals surface area contributed by atoms with E-state index in [2.05, 4.69) is 5.10 Å². The Kier molecular flexibility index (Phi) is 3.10. The molecule has 0 saturated heterocycles. The summed E-state index contributed by atoms with van der Waals surface area (Å²) in [6.45, 7) is 0. The fourth-order valence-corrected chi connectivity index (χ4v) is 2.11. The molecule has 0 saturated carbocycles. The summed E-state index contributed by atoms with van der Waals surface area (Å²) in [5, 5.41) is 21.6. The molecule has 1 N–H and O–H groups in total. The third kappa shape index (κ3) is 2.14. The highest BCUT2D eigenvalue weighted by atomic mass is 127. The lowest BCUT2D eigenvalue weighted by Crippen LogP contribution is -2.02. The molecule has 0 spiro atoms. The van der Waals surface area contributed by atoms with E-state index in [1.807, 2.05) is 28.7 Å². The number of carboxylic acids is 1. The Hall–Kier alpha value is -1.88. The third-order valence-electron chi connectivity index (χ3n) is 2.18. The normalized spacial score (nSPS) is 9.88. The highest BCUT2D eigenvalue weighted by Crippen LogP contribution is 2.17. The number of carboxylic acid groups (broad SMARTS) is 1. The van der Waals surface area contributed by atoms with E-state index in [4.69, 9.17) is 10.4 Å². The standard InChI is InChI=1S/C11H6IN3O2/c12-10-9(11(16)17)6-14-15(10)8-3-1-7(5-13)2-4-8/h1-4,6H,(H,16,17). The van der Waals surface area contributed by atoms with Crippen LogP contribution in [0.3, 0.4) is 0 Å². The quantitative estimate of drug-likeness (QED) is 0.850. The van der Waals surface area contributed by atoms with E-state index in [-0.39, 0.29) is 5.56 Å². The first-order chi connectivity index (χ1) is 8.13. The zero-order valence-electron chi connectivity index (χ0n) is 8.46. The minimum atomic E-state index is -1.01. The van der Waals surface area contributed by atoms with Crippen LogP contribution in [-0.4, -0.2) is 20.9 Å². The summed E-state index contributed by atoms with van der Waals surface area (Å²) in [6, 6.07) is 8.78. The number of hydrogen-bond donors (Lipinski definition) is 1. The van der Waals surface area contributed by atoms with Crippen LogP contribution in [-0.2, 0) is 0 Å². The second-order valence-corrected chi connectivity index (χ2v) is 4.25. The van der Waals surface area contributed by atoms with Crippen molar-refractivity contribution >= 4 is 28.6 Å². The largest absolute Gasteiger partial charge is 0.478 e. The smallest absolute Gasteiger partial charge is 0.340 e. The first kappa shape index (κ1) is 11.6. The minimum Gasteiger partial charge on any atom is -0.478 e. The van der Waals surface area contributed by atoms with Crippen LogP contribution in [0.15, 0.2) is 30.5 Å². The summed E-state index contributed by atoms with van der Waals surface area (Å²) in [5.41, 5.74) is 1.44. The first-order valence-corrected chi connectivity index (χ1v) is 5.68. The highest BCUT2D eigenvalue weighted by molar-refractivity contribution is 14.1. The number of aromatic nitrogens is 2. The molecule has 1 aromatic heterocycles.